The molecule has 1 unspecified atom stereocenters. The summed E-state index contributed by atoms with van der Waals surface area (Å²) >= 11 is 6.64. The smallest absolute Gasteiger partial charge is 0.161 e. The maximum absolute atomic E-state index is 6.64. The van der Waals surface area contributed by atoms with Crippen molar-refractivity contribution in [3.8, 4) is 11.5 Å². The van der Waals surface area contributed by atoms with Gasteiger partial charge in [0.1, 0.15) is 13.2 Å². The summed E-state index contributed by atoms with van der Waals surface area (Å²) in [5, 5.41) is -0.175. The zero-order chi connectivity index (χ0) is 14.1. The van der Waals surface area contributed by atoms with Crippen LogP contribution in [0.1, 0.15) is 27.6 Å². The van der Waals surface area contributed by atoms with Crippen LogP contribution in [0.3, 0.4) is 0 Å². The maximum Gasteiger partial charge on any atom is 0.161 e. The van der Waals surface area contributed by atoms with Crippen molar-refractivity contribution in [3.63, 3.8) is 0 Å². The SMILES string of the molecule is Cc1ccc(C(Cl)c2ccc3c(c2)OCCO3)c(C)c1. The summed E-state index contributed by atoms with van der Waals surface area (Å²) in [5.41, 5.74) is 4.62. The molecule has 2 aromatic rings. The highest BCUT2D eigenvalue weighted by Crippen LogP contribution is 2.37. The van der Waals surface area contributed by atoms with Crippen LogP contribution in [0.4, 0.5) is 0 Å². The Morgan fingerprint density at radius 3 is 2.45 bits per heavy atom. The first-order chi connectivity index (χ1) is 9.65. The molecule has 3 rings (SSSR count). The average Bonchev–Trinajstić information content (AvgIpc) is 2.46. The van der Waals surface area contributed by atoms with E-state index in [9.17, 15) is 0 Å². The third-order valence-electron chi connectivity index (χ3n) is 3.56. The van der Waals surface area contributed by atoms with Gasteiger partial charge in [-0.05, 0) is 42.7 Å². The second kappa shape index (κ2) is 5.37. The molecule has 0 saturated carbocycles. The van der Waals surface area contributed by atoms with Crippen LogP contribution in [-0.2, 0) is 0 Å². The van der Waals surface area contributed by atoms with Crippen molar-refractivity contribution in [3.05, 3.63) is 58.7 Å². The van der Waals surface area contributed by atoms with E-state index < -0.39 is 0 Å². The summed E-state index contributed by atoms with van der Waals surface area (Å²) in [6.07, 6.45) is 0. The molecule has 0 amide bonds. The zero-order valence-corrected chi connectivity index (χ0v) is 12.4. The minimum absolute atomic E-state index is 0.175. The zero-order valence-electron chi connectivity index (χ0n) is 11.7. The first-order valence-electron chi connectivity index (χ1n) is 6.76. The molecule has 0 fully saturated rings. The van der Waals surface area contributed by atoms with Crippen molar-refractivity contribution in [2.24, 2.45) is 0 Å². The van der Waals surface area contributed by atoms with Crippen molar-refractivity contribution < 1.29 is 9.47 Å². The molecule has 1 aliphatic rings. The van der Waals surface area contributed by atoms with Gasteiger partial charge in [-0.1, -0.05) is 29.8 Å². The molecule has 0 aromatic heterocycles. The molecule has 1 heterocycles. The Balaban J connectivity index is 1.95. The quantitative estimate of drug-likeness (QED) is 0.763. The van der Waals surface area contributed by atoms with Crippen LogP contribution in [0.2, 0.25) is 0 Å². The van der Waals surface area contributed by atoms with Gasteiger partial charge in [0.05, 0.1) is 5.38 Å². The number of ether oxygens (including phenoxy) is 2. The van der Waals surface area contributed by atoms with E-state index in [4.69, 9.17) is 21.1 Å². The molecule has 3 heteroatoms. The maximum atomic E-state index is 6.64. The van der Waals surface area contributed by atoms with E-state index in [2.05, 4.69) is 32.0 Å². The van der Waals surface area contributed by atoms with Crippen molar-refractivity contribution in [1.29, 1.82) is 0 Å². The number of alkyl halides is 1. The van der Waals surface area contributed by atoms with Gasteiger partial charge in [0.25, 0.3) is 0 Å². The number of hydrogen-bond acceptors (Lipinski definition) is 2. The Bertz CT molecular complexity index is 637. The largest absolute Gasteiger partial charge is 0.486 e. The van der Waals surface area contributed by atoms with E-state index in [0.29, 0.717) is 13.2 Å². The van der Waals surface area contributed by atoms with Gasteiger partial charge in [-0.3, -0.25) is 0 Å². The van der Waals surface area contributed by atoms with Crippen molar-refractivity contribution in [1.82, 2.24) is 0 Å². The lowest BCUT2D eigenvalue weighted by molar-refractivity contribution is 0.171. The topological polar surface area (TPSA) is 18.5 Å². The predicted molar refractivity (Wildman–Crippen MR) is 81.0 cm³/mol. The highest BCUT2D eigenvalue weighted by molar-refractivity contribution is 6.22. The Morgan fingerprint density at radius 2 is 1.70 bits per heavy atom. The highest BCUT2D eigenvalue weighted by Gasteiger charge is 2.17. The molecule has 0 N–H and O–H groups in total. The molecule has 2 aromatic carbocycles. The number of halogens is 1. The van der Waals surface area contributed by atoms with Crippen LogP contribution in [0.5, 0.6) is 11.5 Å². The van der Waals surface area contributed by atoms with Gasteiger partial charge in [-0.15, -0.1) is 11.6 Å². The second-order valence-electron chi connectivity index (χ2n) is 5.13. The lowest BCUT2D eigenvalue weighted by Gasteiger charge is -2.20. The summed E-state index contributed by atoms with van der Waals surface area (Å²) in [6.45, 7) is 5.38. The van der Waals surface area contributed by atoms with Gasteiger partial charge >= 0.3 is 0 Å². The van der Waals surface area contributed by atoms with Crippen LogP contribution < -0.4 is 9.47 Å². The standard InChI is InChI=1S/C17H17ClO2/c1-11-3-5-14(12(2)9-11)17(18)13-4-6-15-16(10-13)20-8-7-19-15/h3-6,9-10,17H,7-8H2,1-2H3. The Kier molecular flexibility index (Phi) is 3.58. The summed E-state index contributed by atoms with van der Waals surface area (Å²) in [7, 11) is 0. The highest BCUT2D eigenvalue weighted by atomic mass is 35.5. The van der Waals surface area contributed by atoms with Gasteiger partial charge in [0, 0.05) is 0 Å². The average molecular weight is 289 g/mol. The van der Waals surface area contributed by atoms with Gasteiger partial charge in [0.2, 0.25) is 0 Å². The Morgan fingerprint density at radius 1 is 0.950 bits per heavy atom. The Labute approximate surface area is 124 Å². The minimum Gasteiger partial charge on any atom is -0.486 e. The third-order valence-corrected chi connectivity index (χ3v) is 4.04. The molecule has 0 bridgehead atoms. The van der Waals surface area contributed by atoms with Crippen molar-refractivity contribution >= 4 is 11.6 Å². The monoisotopic (exact) mass is 288 g/mol. The molecule has 0 radical (unpaired) electrons. The fourth-order valence-corrected chi connectivity index (χ4v) is 2.89. The fourth-order valence-electron chi connectivity index (χ4n) is 2.51. The molecule has 0 spiro atoms. The van der Waals surface area contributed by atoms with Gasteiger partial charge in [0.15, 0.2) is 11.5 Å². The van der Waals surface area contributed by atoms with Gasteiger partial charge in [-0.25, -0.2) is 0 Å². The van der Waals surface area contributed by atoms with Gasteiger partial charge in [-0.2, -0.15) is 0 Å². The van der Waals surface area contributed by atoms with Crippen LogP contribution in [0, 0.1) is 13.8 Å². The summed E-state index contributed by atoms with van der Waals surface area (Å²) < 4.78 is 11.2. The van der Waals surface area contributed by atoms with E-state index in [1.165, 1.54) is 11.1 Å². The summed E-state index contributed by atoms with van der Waals surface area (Å²) in [6, 6.07) is 12.3. The second-order valence-corrected chi connectivity index (χ2v) is 5.56. The van der Waals surface area contributed by atoms with Crippen molar-refractivity contribution in [2.45, 2.75) is 19.2 Å². The molecular weight excluding hydrogens is 272 g/mol. The number of rotatable bonds is 2. The molecule has 1 atom stereocenters. The molecular formula is C17H17ClO2. The minimum atomic E-state index is -0.175. The predicted octanol–water partition coefficient (Wildman–Crippen LogP) is 4.40. The summed E-state index contributed by atoms with van der Waals surface area (Å²) in [5.74, 6) is 1.58. The van der Waals surface area contributed by atoms with E-state index >= 15 is 0 Å². The van der Waals surface area contributed by atoms with Crippen LogP contribution in [0.25, 0.3) is 0 Å². The first-order valence-corrected chi connectivity index (χ1v) is 7.19. The summed E-state index contributed by atoms with van der Waals surface area (Å²) in [4.78, 5) is 0. The van der Waals surface area contributed by atoms with E-state index in [-0.39, 0.29) is 5.38 Å². The van der Waals surface area contributed by atoms with Gasteiger partial charge < -0.3 is 9.47 Å². The van der Waals surface area contributed by atoms with Crippen LogP contribution in [0.15, 0.2) is 36.4 Å². The van der Waals surface area contributed by atoms with Crippen LogP contribution >= 0.6 is 11.6 Å². The van der Waals surface area contributed by atoms with Crippen molar-refractivity contribution in [2.75, 3.05) is 13.2 Å². The molecule has 20 heavy (non-hydrogen) atoms. The lowest BCUT2D eigenvalue weighted by atomic mass is 9.98. The molecule has 0 aliphatic carbocycles. The fraction of sp³-hybridized carbons (Fsp3) is 0.294. The lowest BCUT2D eigenvalue weighted by Crippen LogP contribution is -2.15. The number of hydrogen-bond donors (Lipinski definition) is 0. The molecule has 1 aliphatic heterocycles. The number of aryl methyl sites for hydroxylation is 2. The molecule has 2 nitrogen and oxygen atoms in total. The van der Waals surface area contributed by atoms with E-state index in [1.54, 1.807) is 0 Å². The number of benzene rings is 2. The number of fused-ring (bicyclic) bond motifs is 1. The van der Waals surface area contributed by atoms with Crippen LogP contribution in [-0.4, -0.2) is 13.2 Å². The third kappa shape index (κ3) is 2.48. The van der Waals surface area contributed by atoms with E-state index in [1.807, 2.05) is 18.2 Å². The molecule has 104 valence electrons. The Hall–Kier alpha value is -1.67. The van der Waals surface area contributed by atoms with E-state index in [0.717, 1.165) is 22.6 Å². The molecule has 0 saturated heterocycles. The normalized spacial score (nSPS) is 14.9. The first kappa shape index (κ1) is 13.3.